The van der Waals surface area contributed by atoms with E-state index in [0.717, 1.165) is 31.3 Å². The average molecular weight is 465 g/mol. The van der Waals surface area contributed by atoms with Gasteiger partial charge in [0, 0.05) is 17.4 Å². The first kappa shape index (κ1) is 24.8. The maximum Gasteiger partial charge on any atom is 0.339 e. The number of esters is 1. The number of carbonyl (C=O) groups is 2. The topological polar surface area (TPSA) is 63.6 Å². The number of allylic oxidation sites excluding steroid dienone is 7. The maximum absolute atomic E-state index is 11.9. The van der Waals surface area contributed by atoms with Crippen LogP contribution in [0.1, 0.15) is 80.1 Å². The van der Waals surface area contributed by atoms with Crippen LogP contribution in [0.5, 0.6) is 0 Å². The molecule has 0 bridgehead atoms. The minimum absolute atomic E-state index is 0.0365. The number of carboxylic acids is 1. The van der Waals surface area contributed by atoms with Gasteiger partial charge < -0.3 is 9.84 Å². The molecule has 0 aromatic rings. The number of hydrogen-bond donors (Lipinski definition) is 1. The molecule has 0 saturated heterocycles. The molecule has 1 aliphatic heterocycles. The van der Waals surface area contributed by atoms with Gasteiger partial charge in [-0.2, -0.15) is 0 Å². The SMILES string of the molecule is C=C(C)[C@@H]1CC=C2[C@H](CC[C@]23C(C)=CC[C@@]3(C)[C@H](C)/C=C2/C=C(C)C(=O)O2)[C@@]1(C)CCC(=O)O. The molecule has 0 unspecified atom stereocenters. The number of aliphatic carboxylic acids is 1. The Morgan fingerprint density at radius 1 is 1.32 bits per heavy atom. The predicted octanol–water partition coefficient (Wildman–Crippen LogP) is 7.16. The van der Waals surface area contributed by atoms with Crippen LogP contribution in [-0.2, 0) is 14.3 Å². The molecule has 0 amide bonds. The second kappa shape index (κ2) is 8.39. The molecule has 1 saturated carbocycles. The highest BCUT2D eigenvalue weighted by Gasteiger charge is 2.63. The number of ether oxygens (including phenoxy) is 1. The van der Waals surface area contributed by atoms with E-state index in [-0.39, 0.29) is 34.6 Å². The lowest BCUT2D eigenvalue weighted by molar-refractivity contribution is -0.138. The van der Waals surface area contributed by atoms with Gasteiger partial charge in [-0.15, -0.1) is 0 Å². The van der Waals surface area contributed by atoms with Crippen LogP contribution in [-0.4, -0.2) is 17.0 Å². The van der Waals surface area contributed by atoms with Crippen molar-refractivity contribution in [3.63, 3.8) is 0 Å². The lowest BCUT2D eigenvalue weighted by Gasteiger charge is -2.53. The van der Waals surface area contributed by atoms with E-state index in [4.69, 9.17) is 4.74 Å². The van der Waals surface area contributed by atoms with Crippen molar-refractivity contribution in [2.24, 2.45) is 34.0 Å². The van der Waals surface area contributed by atoms with Gasteiger partial charge in [-0.25, -0.2) is 4.79 Å². The van der Waals surface area contributed by atoms with Gasteiger partial charge in [0.1, 0.15) is 5.76 Å². The summed E-state index contributed by atoms with van der Waals surface area (Å²) in [5.41, 5.74) is 4.59. The van der Waals surface area contributed by atoms with Crippen LogP contribution in [0, 0.1) is 34.0 Å². The largest absolute Gasteiger partial charge is 0.481 e. The van der Waals surface area contributed by atoms with Crippen LogP contribution in [0.4, 0.5) is 0 Å². The second-order valence-electron chi connectivity index (χ2n) is 11.8. The van der Waals surface area contributed by atoms with Gasteiger partial charge in [0.05, 0.1) is 0 Å². The first-order valence-corrected chi connectivity index (χ1v) is 12.7. The number of hydrogen-bond acceptors (Lipinski definition) is 3. The van der Waals surface area contributed by atoms with Gasteiger partial charge in [0.25, 0.3) is 0 Å². The van der Waals surface area contributed by atoms with Gasteiger partial charge >= 0.3 is 11.9 Å². The van der Waals surface area contributed by atoms with Crippen LogP contribution in [0.2, 0.25) is 0 Å². The van der Waals surface area contributed by atoms with Gasteiger partial charge in [0.15, 0.2) is 0 Å². The Morgan fingerprint density at radius 3 is 2.62 bits per heavy atom. The Balaban J connectivity index is 1.75. The minimum atomic E-state index is -0.720. The molecule has 0 aromatic heterocycles. The number of rotatable bonds is 6. The summed E-state index contributed by atoms with van der Waals surface area (Å²) in [6.45, 7) is 17.5. The first-order valence-electron chi connectivity index (χ1n) is 12.7. The fourth-order valence-corrected chi connectivity index (χ4v) is 7.99. The Kier molecular flexibility index (Phi) is 6.11. The highest BCUT2D eigenvalue weighted by atomic mass is 16.5. The Bertz CT molecular complexity index is 1060. The van der Waals surface area contributed by atoms with Gasteiger partial charge in [-0.1, -0.05) is 56.2 Å². The van der Waals surface area contributed by atoms with Crippen molar-refractivity contribution in [1.29, 1.82) is 0 Å². The number of fused-ring (bicyclic) bond motifs is 2. The monoisotopic (exact) mass is 464 g/mol. The molecule has 4 rings (SSSR count). The van der Waals surface area contributed by atoms with E-state index in [1.165, 1.54) is 11.1 Å². The molecule has 4 heteroatoms. The molecule has 0 aromatic carbocycles. The predicted molar refractivity (Wildman–Crippen MR) is 135 cm³/mol. The highest BCUT2D eigenvalue weighted by molar-refractivity contribution is 5.92. The molecule has 3 aliphatic carbocycles. The van der Waals surface area contributed by atoms with Crippen molar-refractivity contribution in [3.05, 3.63) is 58.9 Å². The summed E-state index contributed by atoms with van der Waals surface area (Å²) in [6, 6.07) is 0. The molecule has 0 radical (unpaired) electrons. The van der Waals surface area contributed by atoms with Gasteiger partial charge in [-0.3, -0.25) is 4.79 Å². The smallest absolute Gasteiger partial charge is 0.339 e. The van der Waals surface area contributed by atoms with E-state index in [1.54, 1.807) is 6.92 Å². The van der Waals surface area contributed by atoms with Crippen LogP contribution in [0.25, 0.3) is 0 Å². The van der Waals surface area contributed by atoms with E-state index in [9.17, 15) is 14.7 Å². The lowest BCUT2D eigenvalue weighted by atomic mass is 9.51. The summed E-state index contributed by atoms with van der Waals surface area (Å²) in [4.78, 5) is 23.5. The van der Waals surface area contributed by atoms with E-state index < -0.39 is 5.97 Å². The average Bonchev–Trinajstić information content (AvgIpc) is 3.39. The van der Waals surface area contributed by atoms with Crippen LogP contribution in [0.3, 0.4) is 0 Å². The van der Waals surface area contributed by atoms with Crippen LogP contribution in [0.15, 0.2) is 58.9 Å². The molecule has 4 nitrogen and oxygen atoms in total. The quantitative estimate of drug-likeness (QED) is 0.335. The number of cyclic esters (lactones) is 1. The molecule has 34 heavy (non-hydrogen) atoms. The first-order chi connectivity index (χ1) is 15.9. The molecule has 1 heterocycles. The number of carbonyl (C=O) groups excluding carboxylic acids is 1. The summed E-state index contributed by atoms with van der Waals surface area (Å²) in [7, 11) is 0. The van der Waals surface area contributed by atoms with Crippen LogP contribution < -0.4 is 0 Å². The molecule has 184 valence electrons. The fraction of sp³-hybridized carbons (Fsp3) is 0.600. The third-order valence-electron chi connectivity index (χ3n) is 10.1. The second-order valence-corrected chi connectivity index (χ2v) is 11.8. The lowest BCUT2D eigenvalue weighted by Crippen LogP contribution is -2.45. The Labute approximate surface area is 204 Å². The molecule has 4 aliphatic rings. The van der Waals surface area contributed by atoms with Crippen LogP contribution >= 0.6 is 0 Å². The molecule has 1 N–H and O–H groups in total. The van der Waals surface area contributed by atoms with Crippen molar-refractivity contribution >= 4 is 11.9 Å². The molecular weight excluding hydrogens is 424 g/mol. The summed E-state index contributed by atoms with van der Waals surface area (Å²) < 4.78 is 5.49. The minimum Gasteiger partial charge on any atom is -0.481 e. The molecular formula is C30H40O4. The fourth-order valence-electron chi connectivity index (χ4n) is 7.99. The van der Waals surface area contributed by atoms with Crippen molar-refractivity contribution < 1.29 is 19.4 Å². The number of carboxylic acid groups (broad SMARTS) is 1. The van der Waals surface area contributed by atoms with Crippen molar-refractivity contribution in [2.45, 2.75) is 80.1 Å². The molecule has 6 atom stereocenters. The molecule has 1 fully saturated rings. The zero-order valence-corrected chi connectivity index (χ0v) is 21.7. The zero-order chi connectivity index (χ0) is 25.1. The Morgan fingerprint density at radius 2 is 2.03 bits per heavy atom. The normalized spacial score (nSPS) is 38.9. The standard InChI is InChI=1S/C30H40O4/c1-18(2)23-8-9-25-24(28(23,6)13-12-26(31)32)11-15-30(25)20(4)10-14-29(30,7)21(5)17-22-16-19(3)27(33)34-22/h9-10,16-17,21,23-24H,1,8,11-15H2,2-7H3,(H,31,32)/b22-17-/t21-,23+,24+,28+,29+,30+/m1/s1. The summed E-state index contributed by atoms with van der Waals surface area (Å²) in [5.74, 6) is 0.552. The van der Waals surface area contributed by atoms with Gasteiger partial charge in [0.2, 0.25) is 0 Å². The van der Waals surface area contributed by atoms with Crippen molar-refractivity contribution in [3.8, 4) is 0 Å². The van der Waals surface area contributed by atoms with Crippen molar-refractivity contribution in [1.82, 2.24) is 0 Å². The third-order valence-corrected chi connectivity index (χ3v) is 10.1. The summed E-state index contributed by atoms with van der Waals surface area (Å²) in [5, 5.41) is 9.51. The molecule has 1 spiro atoms. The van der Waals surface area contributed by atoms with Gasteiger partial charge in [-0.05, 0) is 93.6 Å². The highest BCUT2D eigenvalue weighted by Crippen LogP contribution is 2.72. The van der Waals surface area contributed by atoms with E-state index >= 15 is 0 Å². The van der Waals surface area contributed by atoms with E-state index in [2.05, 4.69) is 59.4 Å². The van der Waals surface area contributed by atoms with E-state index in [1.807, 2.05) is 6.08 Å². The Hall–Kier alpha value is -2.36. The zero-order valence-electron chi connectivity index (χ0n) is 21.7. The third kappa shape index (κ3) is 3.48. The van der Waals surface area contributed by atoms with Crippen molar-refractivity contribution in [2.75, 3.05) is 0 Å². The maximum atomic E-state index is 11.9. The summed E-state index contributed by atoms with van der Waals surface area (Å²) in [6.07, 6.45) is 13.8. The van der Waals surface area contributed by atoms with E-state index in [0.29, 0.717) is 29.6 Å². The summed E-state index contributed by atoms with van der Waals surface area (Å²) >= 11 is 0.